The predicted octanol–water partition coefficient (Wildman–Crippen LogP) is 2.29. The van der Waals surface area contributed by atoms with Gasteiger partial charge in [0.2, 0.25) is 0 Å². The van der Waals surface area contributed by atoms with Crippen LogP contribution in [0.5, 0.6) is 5.75 Å². The van der Waals surface area contributed by atoms with E-state index in [1.807, 2.05) is 13.8 Å². The molecule has 0 spiro atoms. The molecule has 0 aliphatic rings. The van der Waals surface area contributed by atoms with E-state index in [1.54, 1.807) is 18.6 Å². The monoisotopic (exact) mass is 271 g/mol. The third-order valence-corrected chi connectivity index (χ3v) is 4.40. The zero-order valence-corrected chi connectivity index (χ0v) is 12.0. The molecule has 1 rings (SSSR count). The summed E-state index contributed by atoms with van der Waals surface area (Å²) >= 11 is 1.36. The molecule has 0 unspecified atom stereocenters. The SMILES string of the molecule is CCC(CC)(CO)CNC(=O)c1cc(OC)cs1. The van der Waals surface area contributed by atoms with Crippen molar-refractivity contribution in [3.63, 3.8) is 0 Å². The van der Waals surface area contributed by atoms with Gasteiger partial charge in [0.1, 0.15) is 5.75 Å². The van der Waals surface area contributed by atoms with Gasteiger partial charge in [-0.1, -0.05) is 13.8 Å². The van der Waals surface area contributed by atoms with E-state index in [0.29, 0.717) is 17.2 Å². The number of ether oxygens (including phenoxy) is 1. The van der Waals surface area contributed by atoms with Crippen molar-refractivity contribution in [2.24, 2.45) is 5.41 Å². The lowest BCUT2D eigenvalue weighted by Crippen LogP contribution is -2.39. The Morgan fingerprint density at radius 2 is 2.17 bits per heavy atom. The third-order valence-electron chi connectivity index (χ3n) is 3.49. The van der Waals surface area contributed by atoms with Crippen molar-refractivity contribution in [1.29, 1.82) is 0 Å². The summed E-state index contributed by atoms with van der Waals surface area (Å²) in [7, 11) is 1.58. The summed E-state index contributed by atoms with van der Waals surface area (Å²) in [5.41, 5.74) is -0.211. The van der Waals surface area contributed by atoms with Crippen LogP contribution in [-0.4, -0.2) is 31.3 Å². The lowest BCUT2D eigenvalue weighted by atomic mass is 9.83. The molecule has 1 aromatic heterocycles. The zero-order valence-electron chi connectivity index (χ0n) is 11.2. The maximum Gasteiger partial charge on any atom is 0.261 e. The smallest absolute Gasteiger partial charge is 0.261 e. The Balaban J connectivity index is 2.59. The van der Waals surface area contributed by atoms with Crippen LogP contribution in [0, 0.1) is 5.41 Å². The summed E-state index contributed by atoms with van der Waals surface area (Å²) in [4.78, 5) is 12.6. The van der Waals surface area contributed by atoms with Crippen LogP contribution in [0.25, 0.3) is 0 Å². The minimum atomic E-state index is -0.211. The van der Waals surface area contributed by atoms with Gasteiger partial charge in [-0.3, -0.25) is 4.79 Å². The number of nitrogens with one attached hydrogen (secondary N) is 1. The number of methoxy groups -OCH3 is 1. The highest BCUT2D eigenvalue weighted by molar-refractivity contribution is 7.12. The number of hydrogen-bond donors (Lipinski definition) is 2. The second-order valence-corrected chi connectivity index (χ2v) is 5.31. The minimum Gasteiger partial charge on any atom is -0.496 e. The molecule has 0 aliphatic heterocycles. The molecule has 0 atom stereocenters. The summed E-state index contributed by atoms with van der Waals surface area (Å²) < 4.78 is 5.04. The Morgan fingerprint density at radius 1 is 1.50 bits per heavy atom. The summed E-state index contributed by atoms with van der Waals surface area (Å²) in [6, 6.07) is 1.72. The van der Waals surface area contributed by atoms with Crippen molar-refractivity contribution >= 4 is 17.2 Å². The first-order valence-corrected chi connectivity index (χ1v) is 7.00. The fraction of sp³-hybridized carbons (Fsp3) is 0.615. The van der Waals surface area contributed by atoms with Gasteiger partial charge in [0.05, 0.1) is 18.6 Å². The molecule has 0 saturated heterocycles. The molecule has 5 heteroatoms. The Hall–Kier alpha value is -1.07. The first-order chi connectivity index (χ1) is 8.60. The van der Waals surface area contributed by atoms with Crippen LogP contribution in [0.3, 0.4) is 0 Å². The number of aliphatic hydroxyl groups excluding tert-OH is 1. The van der Waals surface area contributed by atoms with Crippen LogP contribution in [0.15, 0.2) is 11.4 Å². The second kappa shape index (κ2) is 6.75. The molecule has 1 amide bonds. The molecule has 4 nitrogen and oxygen atoms in total. The summed E-state index contributed by atoms with van der Waals surface area (Å²) in [5, 5.41) is 14.1. The van der Waals surface area contributed by atoms with E-state index in [4.69, 9.17) is 4.74 Å². The largest absolute Gasteiger partial charge is 0.496 e. The molecule has 2 N–H and O–H groups in total. The Bertz CT molecular complexity index is 377. The van der Waals surface area contributed by atoms with Crippen LogP contribution in [0.2, 0.25) is 0 Å². The van der Waals surface area contributed by atoms with Gasteiger partial charge in [0.25, 0.3) is 5.91 Å². The van der Waals surface area contributed by atoms with Gasteiger partial charge >= 0.3 is 0 Å². The van der Waals surface area contributed by atoms with E-state index in [0.717, 1.165) is 12.8 Å². The predicted molar refractivity (Wildman–Crippen MR) is 73.3 cm³/mol. The maximum atomic E-state index is 11.9. The van der Waals surface area contributed by atoms with Gasteiger partial charge in [-0.05, 0) is 12.8 Å². The number of aliphatic hydroxyl groups is 1. The number of carbonyl (C=O) groups excluding carboxylic acids is 1. The van der Waals surface area contributed by atoms with Gasteiger partial charge in [0, 0.05) is 23.4 Å². The van der Waals surface area contributed by atoms with E-state index in [9.17, 15) is 9.90 Å². The number of rotatable bonds is 7. The fourth-order valence-corrected chi connectivity index (χ4v) is 2.45. The zero-order chi connectivity index (χ0) is 13.6. The molecule has 18 heavy (non-hydrogen) atoms. The van der Waals surface area contributed by atoms with Crippen LogP contribution >= 0.6 is 11.3 Å². The summed E-state index contributed by atoms with van der Waals surface area (Å²) in [6.07, 6.45) is 1.68. The van der Waals surface area contributed by atoms with E-state index < -0.39 is 0 Å². The number of hydrogen-bond acceptors (Lipinski definition) is 4. The van der Waals surface area contributed by atoms with Crippen molar-refractivity contribution in [3.05, 3.63) is 16.3 Å². The Morgan fingerprint density at radius 3 is 2.61 bits per heavy atom. The van der Waals surface area contributed by atoms with Crippen molar-refractivity contribution in [2.45, 2.75) is 26.7 Å². The Labute approximate surface area is 112 Å². The number of amides is 1. The van der Waals surface area contributed by atoms with Crippen LogP contribution in [0.1, 0.15) is 36.4 Å². The molecular formula is C13H21NO3S. The third kappa shape index (κ3) is 3.46. The number of carbonyl (C=O) groups is 1. The van der Waals surface area contributed by atoms with Gasteiger partial charge < -0.3 is 15.2 Å². The van der Waals surface area contributed by atoms with Crippen molar-refractivity contribution in [2.75, 3.05) is 20.3 Å². The molecule has 0 bridgehead atoms. The highest BCUT2D eigenvalue weighted by Crippen LogP contribution is 2.25. The van der Waals surface area contributed by atoms with Gasteiger partial charge in [0.15, 0.2) is 0 Å². The fourth-order valence-electron chi connectivity index (χ4n) is 1.68. The van der Waals surface area contributed by atoms with Gasteiger partial charge in [-0.2, -0.15) is 0 Å². The quantitative estimate of drug-likeness (QED) is 0.800. The molecular weight excluding hydrogens is 250 g/mol. The summed E-state index contributed by atoms with van der Waals surface area (Å²) in [6.45, 7) is 4.64. The highest BCUT2D eigenvalue weighted by Gasteiger charge is 2.26. The number of thiophene rings is 1. The van der Waals surface area contributed by atoms with E-state index in [2.05, 4.69) is 5.32 Å². The van der Waals surface area contributed by atoms with Crippen LogP contribution < -0.4 is 10.1 Å². The van der Waals surface area contributed by atoms with Gasteiger partial charge in [-0.25, -0.2) is 0 Å². The first-order valence-electron chi connectivity index (χ1n) is 6.12. The summed E-state index contributed by atoms with van der Waals surface area (Å²) in [5.74, 6) is 0.590. The second-order valence-electron chi connectivity index (χ2n) is 4.40. The molecule has 1 aromatic rings. The minimum absolute atomic E-state index is 0.0913. The van der Waals surface area contributed by atoms with Gasteiger partial charge in [-0.15, -0.1) is 11.3 Å². The average molecular weight is 271 g/mol. The van der Waals surface area contributed by atoms with E-state index in [-0.39, 0.29) is 17.9 Å². The van der Waals surface area contributed by atoms with Crippen molar-refractivity contribution in [1.82, 2.24) is 5.32 Å². The van der Waals surface area contributed by atoms with Crippen molar-refractivity contribution < 1.29 is 14.6 Å². The van der Waals surface area contributed by atoms with E-state index in [1.165, 1.54) is 11.3 Å². The van der Waals surface area contributed by atoms with Crippen LogP contribution in [0.4, 0.5) is 0 Å². The topological polar surface area (TPSA) is 58.6 Å². The lowest BCUT2D eigenvalue weighted by molar-refractivity contribution is 0.0854. The van der Waals surface area contributed by atoms with E-state index >= 15 is 0 Å². The molecule has 0 aromatic carbocycles. The standard InChI is InChI=1S/C13H21NO3S/c1-4-13(5-2,9-15)8-14-12(16)11-6-10(17-3)7-18-11/h6-7,15H,4-5,8-9H2,1-3H3,(H,14,16). The lowest BCUT2D eigenvalue weighted by Gasteiger charge is -2.29. The molecule has 0 saturated carbocycles. The molecule has 0 aliphatic carbocycles. The van der Waals surface area contributed by atoms with Crippen LogP contribution in [-0.2, 0) is 0 Å². The molecule has 1 heterocycles. The normalized spacial score (nSPS) is 11.3. The molecule has 0 fully saturated rings. The average Bonchev–Trinajstić information content (AvgIpc) is 2.89. The Kier molecular flexibility index (Phi) is 5.62. The highest BCUT2D eigenvalue weighted by atomic mass is 32.1. The molecule has 0 radical (unpaired) electrons. The first kappa shape index (κ1) is 15.0. The maximum absolute atomic E-state index is 11.9. The van der Waals surface area contributed by atoms with Crippen molar-refractivity contribution in [3.8, 4) is 5.75 Å². The molecule has 102 valence electrons.